The molecule has 0 rings (SSSR count). The Morgan fingerprint density at radius 2 is 0.967 bits per heavy atom. The van der Waals surface area contributed by atoms with E-state index < -0.39 is 32.5 Å². The molecule has 0 heterocycles. The van der Waals surface area contributed by atoms with Crippen molar-refractivity contribution >= 4 is 19.8 Å². The fourth-order valence-electron chi connectivity index (χ4n) is 6.37. The van der Waals surface area contributed by atoms with Crippen LogP contribution in [-0.2, 0) is 32.7 Å². The second kappa shape index (κ2) is 42.0. The third kappa shape index (κ3) is 45.2. The van der Waals surface area contributed by atoms with Crippen molar-refractivity contribution in [2.75, 3.05) is 47.5 Å². The highest BCUT2D eigenvalue weighted by molar-refractivity contribution is 7.45. The van der Waals surface area contributed by atoms with E-state index in [9.17, 15) is 19.0 Å². The maximum atomic E-state index is 12.7. The van der Waals surface area contributed by atoms with E-state index in [0.717, 1.165) is 57.8 Å². The lowest BCUT2D eigenvalue weighted by atomic mass is 10.0. The average Bonchev–Trinajstić information content (AvgIpc) is 3.20. The van der Waals surface area contributed by atoms with Gasteiger partial charge in [0.25, 0.3) is 7.82 Å². The predicted molar refractivity (Wildman–Crippen MR) is 250 cm³/mol. The molecule has 0 aromatic rings. The quantitative estimate of drug-likeness (QED) is 0.0149. The van der Waals surface area contributed by atoms with Crippen molar-refractivity contribution in [2.24, 2.45) is 0 Å². The van der Waals surface area contributed by atoms with Crippen LogP contribution < -0.4 is 4.89 Å². The van der Waals surface area contributed by atoms with Crippen molar-refractivity contribution in [3.8, 4) is 0 Å². The topological polar surface area (TPSA) is 111 Å². The summed E-state index contributed by atoms with van der Waals surface area (Å²) in [4.78, 5) is 37.6. The number of esters is 2. The van der Waals surface area contributed by atoms with Gasteiger partial charge >= 0.3 is 11.9 Å². The highest BCUT2D eigenvalue weighted by atomic mass is 31.2. The SMILES string of the molecule is CC/C=C/C=C/C=C/C=C/CCCCCCCC(=O)OC[C@H](COP(=O)([O-])OCC[N+](C)(C)C)OC(=O)CCCCCCCCCCCCC/C=C/CCCCCCCC. The average molecular weight is 864 g/mol. The smallest absolute Gasteiger partial charge is 0.306 e. The molecule has 60 heavy (non-hydrogen) atoms. The van der Waals surface area contributed by atoms with Crippen LogP contribution >= 0.6 is 7.82 Å². The van der Waals surface area contributed by atoms with Gasteiger partial charge in [0.2, 0.25) is 0 Å². The van der Waals surface area contributed by atoms with Gasteiger partial charge in [-0.15, -0.1) is 0 Å². The van der Waals surface area contributed by atoms with Gasteiger partial charge in [-0.25, -0.2) is 0 Å². The number of likely N-dealkylation sites (N-methyl/N-ethyl adjacent to an activating group) is 1. The van der Waals surface area contributed by atoms with Gasteiger partial charge in [0.1, 0.15) is 19.8 Å². The lowest BCUT2D eigenvalue weighted by Crippen LogP contribution is -2.37. The van der Waals surface area contributed by atoms with Gasteiger partial charge in [-0.05, 0) is 57.8 Å². The number of phosphoric acid groups is 1. The fourth-order valence-corrected chi connectivity index (χ4v) is 7.09. The molecule has 0 aromatic carbocycles. The maximum absolute atomic E-state index is 12.7. The fraction of sp³-hybridized carbons (Fsp3) is 0.760. The van der Waals surface area contributed by atoms with E-state index in [0.29, 0.717) is 23.9 Å². The lowest BCUT2D eigenvalue weighted by Gasteiger charge is -2.28. The second-order valence-corrected chi connectivity index (χ2v) is 18.6. The van der Waals surface area contributed by atoms with Gasteiger partial charge in [-0.1, -0.05) is 184 Å². The number of ether oxygens (including phenoxy) is 2. The Hall–Kier alpha value is -2.29. The Morgan fingerprint density at radius 1 is 0.533 bits per heavy atom. The van der Waals surface area contributed by atoms with Gasteiger partial charge < -0.3 is 27.9 Å². The number of allylic oxidation sites excluding steroid dienone is 10. The molecule has 0 radical (unpaired) electrons. The molecule has 9 nitrogen and oxygen atoms in total. The molecule has 2 atom stereocenters. The maximum Gasteiger partial charge on any atom is 0.306 e. The summed E-state index contributed by atoms with van der Waals surface area (Å²) in [5, 5.41) is 0. The summed E-state index contributed by atoms with van der Waals surface area (Å²) in [6.07, 6.45) is 51.0. The number of carbonyl (C=O) groups excluding carboxylic acids is 2. The first-order chi connectivity index (χ1) is 29.0. The molecule has 0 aliphatic heterocycles. The molecule has 0 spiro atoms. The van der Waals surface area contributed by atoms with Crippen LogP contribution in [0.25, 0.3) is 0 Å². The summed E-state index contributed by atoms with van der Waals surface area (Å²) in [5.41, 5.74) is 0. The van der Waals surface area contributed by atoms with Crippen LogP contribution in [-0.4, -0.2) is 70.0 Å². The van der Waals surface area contributed by atoms with E-state index in [1.54, 1.807) is 0 Å². The zero-order valence-corrected chi connectivity index (χ0v) is 40.0. The summed E-state index contributed by atoms with van der Waals surface area (Å²) in [5.74, 6) is -0.863. The van der Waals surface area contributed by atoms with Gasteiger partial charge in [-0.3, -0.25) is 14.2 Å². The Balaban J connectivity index is 4.30. The van der Waals surface area contributed by atoms with E-state index in [1.165, 1.54) is 96.3 Å². The number of carbonyl (C=O) groups is 2. The highest BCUT2D eigenvalue weighted by Gasteiger charge is 2.21. The van der Waals surface area contributed by atoms with E-state index >= 15 is 0 Å². The number of nitrogens with zero attached hydrogens (tertiary/aromatic N) is 1. The van der Waals surface area contributed by atoms with Crippen LogP contribution in [0, 0.1) is 0 Å². The number of unbranched alkanes of at least 4 members (excludes halogenated alkanes) is 22. The molecule has 0 aliphatic rings. The molecule has 0 saturated carbocycles. The molecule has 0 fully saturated rings. The number of phosphoric ester groups is 1. The van der Waals surface area contributed by atoms with Crippen molar-refractivity contribution in [2.45, 2.75) is 200 Å². The third-order valence-corrected chi connectivity index (χ3v) is 11.1. The minimum absolute atomic E-state index is 0.0372. The number of hydrogen-bond donors (Lipinski definition) is 0. The first-order valence-electron chi connectivity index (χ1n) is 24.0. The Bertz CT molecular complexity index is 1210. The summed E-state index contributed by atoms with van der Waals surface area (Å²) >= 11 is 0. The van der Waals surface area contributed by atoms with Crippen molar-refractivity contribution < 1.29 is 42.1 Å². The number of hydrogen-bond acceptors (Lipinski definition) is 8. The molecule has 348 valence electrons. The van der Waals surface area contributed by atoms with Crippen LogP contribution in [0.2, 0.25) is 0 Å². The summed E-state index contributed by atoms with van der Waals surface area (Å²) in [6.45, 7) is 4.06. The molecule has 10 heteroatoms. The van der Waals surface area contributed by atoms with Gasteiger partial charge in [-0.2, -0.15) is 0 Å². The molecule has 0 saturated heterocycles. The van der Waals surface area contributed by atoms with Crippen LogP contribution in [0.15, 0.2) is 60.8 Å². The van der Waals surface area contributed by atoms with Crippen LogP contribution in [0.5, 0.6) is 0 Å². The largest absolute Gasteiger partial charge is 0.756 e. The van der Waals surface area contributed by atoms with E-state index in [-0.39, 0.29) is 26.1 Å². The van der Waals surface area contributed by atoms with Gasteiger partial charge in [0.15, 0.2) is 6.10 Å². The minimum Gasteiger partial charge on any atom is -0.756 e. The Morgan fingerprint density at radius 3 is 1.47 bits per heavy atom. The molecule has 0 aliphatic carbocycles. The van der Waals surface area contributed by atoms with Crippen molar-refractivity contribution in [1.82, 2.24) is 0 Å². The Kier molecular flexibility index (Phi) is 40.4. The zero-order valence-electron chi connectivity index (χ0n) is 39.1. The second-order valence-electron chi connectivity index (χ2n) is 17.2. The van der Waals surface area contributed by atoms with Crippen molar-refractivity contribution in [3.63, 3.8) is 0 Å². The van der Waals surface area contributed by atoms with Gasteiger partial charge in [0, 0.05) is 12.8 Å². The molecule has 1 unspecified atom stereocenters. The minimum atomic E-state index is -4.64. The van der Waals surface area contributed by atoms with Gasteiger partial charge in [0.05, 0.1) is 27.7 Å². The third-order valence-electron chi connectivity index (χ3n) is 10.1. The van der Waals surface area contributed by atoms with E-state index in [2.05, 4.69) is 44.2 Å². The van der Waals surface area contributed by atoms with Crippen LogP contribution in [0.3, 0.4) is 0 Å². The molecular weight excluding hydrogens is 774 g/mol. The lowest BCUT2D eigenvalue weighted by molar-refractivity contribution is -0.870. The van der Waals surface area contributed by atoms with E-state index in [1.807, 2.05) is 51.5 Å². The summed E-state index contributed by atoms with van der Waals surface area (Å²) < 4.78 is 34.0. The van der Waals surface area contributed by atoms with Crippen molar-refractivity contribution in [1.29, 1.82) is 0 Å². The molecule has 0 aromatic heterocycles. The summed E-state index contributed by atoms with van der Waals surface area (Å²) in [7, 11) is 1.14. The molecular formula is C50H90NO8P. The van der Waals surface area contributed by atoms with Crippen LogP contribution in [0.4, 0.5) is 0 Å². The van der Waals surface area contributed by atoms with E-state index in [4.69, 9.17) is 18.5 Å². The van der Waals surface area contributed by atoms with Crippen molar-refractivity contribution in [3.05, 3.63) is 60.8 Å². The first kappa shape index (κ1) is 57.7. The van der Waals surface area contributed by atoms with Crippen LogP contribution in [0.1, 0.15) is 194 Å². The standard InChI is InChI=1S/C50H90NO8P/c1-6-8-10-12-14-16-18-20-22-23-24-25-26-27-29-31-33-35-37-39-41-43-50(53)59-48(47-58-60(54,55)57-45-44-51(3,4)5)46-56-49(52)42-40-38-36-34-32-30-28-21-19-17-15-13-11-9-7-2/h9,11,13,15,17,19-22,28,48H,6-8,10,12,14,16,18,23-27,29-47H2,1-5H3/b11-9+,15-13+,19-17+,22-20+,28-21+/t48-/m1/s1. The Labute approximate surface area is 368 Å². The molecule has 0 N–H and O–H groups in total. The monoisotopic (exact) mass is 864 g/mol. The number of rotatable bonds is 43. The zero-order chi connectivity index (χ0) is 44.3. The normalized spacial score (nSPS) is 14.0. The molecule has 0 bridgehead atoms. The first-order valence-corrected chi connectivity index (χ1v) is 25.5. The summed E-state index contributed by atoms with van der Waals surface area (Å²) in [6, 6.07) is 0. The predicted octanol–water partition coefficient (Wildman–Crippen LogP) is 13.4. The highest BCUT2D eigenvalue weighted by Crippen LogP contribution is 2.38. The number of quaternary nitrogens is 1. The molecule has 0 amide bonds.